The molecule has 0 fully saturated rings. The topological polar surface area (TPSA) is 57.9 Å². The fourth-order valence-electron chi connectivity index (χ4n) is 1.72. The Kier molecular flexibility index (Phi) is 5.45. The first-order chi connectivity index (χ1) is 10.3. The van der Waals surface area contributed by atoms with Crippen molar-refractivity contribution in [3.05, 3.63) is 66.9 Å². The lowest BCUT2D eigenvalue weighted by molar-refractivity contribution is 0.603. The van der Waals surface area contributed by atoms with Gasteiger partial charge in [0.15, 0.2) is 0 Å². The normalized spacial score (nSPS) is 12.0. The van der Waals surface area contributed by atoms with Crippen LogP contribution in [0.1, 0.15) is 5.56 Å². The van der Waals surface area contributed by atoms with Crippen LogP contribution in [0.5, 0.6) is 0 Å². The third-order valence-corrected chi connectivity index (χ3v) is 6.12. The summed E-state index contributed by atoms with van der Waals surface area (Å²) in [5.41, 5.74) is 0.541. The zero-order valence-electron chi connectivity index (χ0n) is 10.9. The Morgan fingerprint density at radius 1 is 1.18 bits per heavy atom. The van der Waals surface area contributed by atoms with Crippen LogP contribution in [0, 0.1) is 11.3 Å². The molecular formula is C15H8Br2ClNO2S. The molecule has 0 N–H and O–H groups in total. The molecule has 22 heavy (non-hydrogen) atoms. The standard InChI is InChI=1S/C15H8Br2ClNO2S/c16-11-4-5-14(17)15(8-11)22(20,21)13(9-19)7-10-2-1-3-12(18)6-10/h1-8H/b13-7+. The highest BCUT2D eigenvalue weighted by atomic mass is 79.9. The Balaban J connectivity index is 2.60. The summed E-state index contributed by atoms with van der Waals surface area (Å²) in [5.74, 6) is 0. The molecule has 2 rings (SSSR count). The number of nitrogens with zero attached hydrogens (tertiary/aromatic N) is 1. The van der Waals surface area contributed by atoms with E-state index >= 15 is 0 Å². The molecule has 0 unspecified atom stereocenters. The van der Waals surface area contributed by atoms with E-state index in [1.165, 1.54) is 12.1 Å². The van der Waals surface area contributed by atoms with Crippen molar-refractivity contribution in [3.63, 3.8) is 0 Å². The van der Waals surface area contributed by atoms with E-state index in [0.29, 0.717) is 19.5 Å². The first kappa shape index (κ1) is 17.2. The second-order valence-corrected chi connectivity index (χ2v) is 8.35. The molecule has 0 saturated heterocycles. The summed E-state index contributed by atoms with van der Waals surface area (Å²) >= 11 is 12.3. The minimum atomic E-state index is -3.94. The minimum Gasteiger partial charge on any atom is -0.218 e. The molecule has 2 aromatic rings. The fourth-order valence-corrected chi connectivity index (χ4v) is 4.57. The number of hydrogen-bond acceptors (Lipinski definition) is 3. The summed E-state index contributed by atoms with van der Waals surface area (Å²) in [7, 11) is -3.94. The number of benzene rings is 2. The van der Waals surface area contributed by atoms with E-state index < -0.39 is 9.84 Å². The van der Waals surface area contributed by atoms with Crippen molar-refractivity contribution in [2.24, 2.45) is 0 Å². The van der Waals surface area contributed by atoms with Gasteiger partial charge in [0.1, 0.15) is 11.0 Å². The summed E-state index contributed by atoms with van der Waals surface area (Å²) in [6.07, 6.45) is 1.30. The van der Waals surface area contributed by atoms with Crippen molar-refractivity contribution in [2.45, 2.75) is 4.90 Å². The molecule has 0 bridgehead atoms. The molecule has 0 spiro atoms. The number of sulfone groups is 1. The molecule has 0 aliphatic carbocycles. The smallest absolute Gasteiger partial charge is 0.217 e. The van der Waals surface area contributed by atoms with E-state index in [2.05, 4.69) is 31.9 Å². The fraction of sp³-hybridized carbons (Fsp3) is 0. The first-order valence-electron chi connectivity index (χ1n) is 5.92. The van der Waals surface area contributed by atoms with Crippen molar-refractivity contribution in [2.75, 3.05) is 0 Å². The molecule has 112 valence electrons. The molecule has 0 radical (unpaired) electrons. The van der Waals surface area contributed by atoms with E-state index in [9.17, 15) is 13.7 Å². The third kappa shape index (κ3) is 3.79. The number of halogens is 3. The molecular weight excluding hydrogens is 453 g/mol. The summed E-state index contributed by atoms with van der Waals surface area (Å²) in [6.45, 7) is 0. The van der Waals surface area contributed by atoms with Crippen molar-refractivity contribution in [3.8, 4) is 6.07 Å². The highest BCUT2D eigenvalue weighted by molar-refractivity contribution is 9.11. The number of nitriles is 1. The predicted octanol–water partition coefficient (Wildman–Crippen LogP) is 5.20. The van der Waals surface area contributed by atoms with Gasteiger partial charge in [-0.05, 0) is 57.9 Å². The van der Waals surface area contributed by atoms with Crippen molar-refractivity contribution in [1.29, 1.82) is 5.26 Å². The first-order valence-corrected chi connectivity index (χ1v) is 9.37. The molecule has 3 nitrogen and oxygen atoms in total. The van der Waals surface area contributed by atoms with Crippen LogP contribution >= 0.6 is 43.5 Å². The van der Waals surface area contributed by atoms with Gasteiger partial charge >= 0.3 is 0 Å². The van der Waals surface area contributed by atoms with Crippen molar-refractivity contribution >= 4 is 59.4 Å². The number of allylic oxidation sites excluding steroid dienone is 1. The largest absolute Gasteiger partial charge is 0.218 e. The Morgan fingerprint density at radius 2 is 1.91 bits per heavy atom. The van der Waals surface area contributed by atoms with Crippen LogP contribution in [-0.2, 0) is 9.84 Å². The van der Waals surface area contributed by atoms with Gasteiger partial charge in [-0.1, -0.05) is 39.7 Å². The summed E-state index contributed by atoms with van der Waals surface area (Å²) in [6, 6.07) is 13.1. The second-order valence-electron chi connectivity index (χ2n) is 4.25. The maximum atomic E-state index is 12.7. The van der Waals surface area contributed by atoms with E-state index in [0.717, 1.165) is 0 Å². The zero-order chi connectivity index (χ0) is 16.3. The average Bonchev–Trinajstić information content (AvgIpc) is 2.47. The van der Waals surface area contributed by atoms with Crippen LogP contribution in [0.4, 0.5) is 0 Å². The van der Waals surface area contributed by atoms with Crippen LogP contribution in [0.25, 0.3) is 6.08 Å². The van der Waals surface area contributed by atoms with E-state index in [1.54, 1.807) is 42.5 Å². The van der Waals surface area contributed by atoms with Gasteiger partial charge in [-0.25, -0.2) is 8.42 Å². The van der Waals surface area contributed by atoms with E-state index in [-0.39, 0.29) is 9.80 Å². The maximum Gasteiger partial charge on any atom is 0.217 e. The van der Waals surface area contributed by atoms with Crippen LogP contribution in [0.3, 0.4) is 0 Å². The van der Waals surface area contributed by atoms with Crippen molar-refractivity contribution in [1.82, 2.24) is 0 Å². The lowest BCUT2D eigenvalue weighted by Gasteiger charge is -2.06. The Labute approximate surface area is 150 Å². The summed E-state index contributed by atoms with van der Waals surface area (Å²) in [4.78, 5) is -0.328. The van der Waals surface area contributed by atoms with Gasteiger partial charge in [0.2, 0.25) is 9.84 Å². The van der Waals surface area contributed by atoms with Crippen LogP contribution in [0.15, 0.2) is 61.2 Å². The van der Waals surface area contributed by atoms with Gasteiger partial charge in [-0.2, -0.15) is 5.26 Å². The third-order valence-electron chi connectivity index (χ3n) is 2.73. The molecule has 0 saturated carbocycles. The highest BCUT2D eigenvalue weighted by Crippen LogP contribution is 2.30. The predicted molar refractivity (Wildman–Crippen MR) is 94.1 cm³/mol. The molecule has 7 heteroatoms. The highest BCUT2D eigenvalue weighted by Gasteiger charge is 2.23. The molecule has 0 heterocycles. The van der Waals surface area contributed by atoms with E-state index in [4.69, 9.17) is 11.6 Å². The van der Waals surface area contributed by atoms with E-state index in [1.807, 2.05) is 0 Å². The number of hydrogen-bond donors (Lipinski definition) is 0. The number of rotatable bonds is 3. The van der Waals surface area contributed by atoms with Gasteiger partial charge in [0, 0.05) is 14.0 Å². The van der Waals surface area contributed by atoms with Gasteiger partial charge in [-0.15, -0.1) is 0 Å². The quantitative estimate of drug-likeness (QED) is 0.590. The average molecular weight is 462 g/mol. The summed E-state index contributed by atoms with van der Waals surface area (Å²) < 4.78 is 26.3. The molecule has 2 aromatic carbocycles. The van der Waals surface area contributed by atoms with Gasteiger partial charge in [-0.3, -0.25) is 0 Å². The zero-order valence-corrected chi connectivity index (χ0v) is 15.7. The van der Waals surface area contributed by atoms with Crippen LogP contribution in [-0.4, -0.2) is 8.42 Å². The molecule has 0 aliphatic heterocycles. The minimum absolute atomic E-state index is 0.0247. The maximum absolute atomic E-state index is 12.7. The van der Waals surface area contributed by atoms with Crippen LogP contribution in [0.2, 0.25) is 5.02 Å². The van der Waals surface area contributed by atoms with Crippen molar-refractivity contribution < 1.29 is 8.42 Å². The van der Waals surface area contributed by atoms with Crippen LogP contribution < -0.4 is 0 Å². The lowest BCUT2D eigenvalue weighted by atomic mass is 10.2. The molecule has 0 amide bonds. The molecule has 0 aromatic heterocycles. The Morgan fingerprint density at radius 3 is 2.55 bits per heavy atom. The molecule has 0 atom stereocenters. The van der Waals surface area contributed by atoms with Gasteiger partial charge < -0.3 is 0 Å². The summed E-state index contributed by atoms with van der Waals surface area (Å²) in [5, 5.41) is 9.72. The second kappa shape index (κ2) is 6.97. The van der Waals surface area contributed by atoms with Gasteiger partial charge in [0.25, 0.3) is 0 Å². The Hall–Kier alpha value is -1.13. The Bertz CT molecular complexity index is 902. The van der Waals surface area contributed by atoms with Gasteiger partial charge in [0.05, 0.1) is 4.90 Å². The monoisotopic (exact) mass is 459 g/mol. The lowest BCUT2D eigenvalue weighted by Crippen LogP contribution is -2.04. The SMILES string of the molecule is N#C/C(=C\c1cccc(Cl)c1)S(=O)(=O)c1cc(Br)ccc1Br. The molecule has 0 aliphatic rings.